The summed E-state index contributed by atoms with van der Waals surface area (Å²) in [7, 11) is 1.59. The molecule has 0 aliphatic rings. The number of carboxylic acids is 1. The molecule has 6 heteroatoms. The molecule has 0 aromatic heterocycles. The average Bonchev–Trinajstić information content (AvgIpc) is 2.31. The first kappa shape index (κ1) is 14.1. The van der Waals surface area contributed by atoms with E-state index in [0.717, 1.165) is 0 Å². The molecule has 2 N–H and O–H groups in total. The Morgan fingerprint density at radius 2 is 2.22 bits per heavy atom. The molecule has 1 aromatic rings. The number of halogens is 1. The molecule has 0 atom stereocenters. The molecule has 0 heterocycles. The zero-order valence-corrected chi connectivity index (χ0v) is 10.6. The maximum absolute atomic E-state index is 11.7. The fourth-order valence-corrected chi connectivity index (χ4v) is 1.41. The van der Waals surface area contributed by atoms with E-state index in [9.17, 15) is 9.59 Å². The number of rotatable bonds is 4. The number of amides is 2. The van der Waals surface area contributed by atoms with Crippen LogP contribution in [0.25, 0.3) is 0 Å². The van der Waals surface area contributed by atoms with Gasteiger partial charge in [-0.25, -0.2) is 9.59 Å². The van der Waals surface area contributed by atoms with Gasteiger partial charge >= 0.3 is 12.0 Å². The number of hydrogen-bond donors (Lipinski definition) is 2. The summed E-state index contributed by atoms with van der Waals surface area (Å²) >= 11 is 5.88. The van der Waals surface area contributed by atoms with Crippen molar-refractivity contribution in [2.24, 2.45) is 0 Å². The van der Waals surface area contributed by atoms with E-state index < -0.39 is 5.97 Å². The van der Waals surface area contributed by atoms with Crippen molar-refractivity contribution in [1.82, 2.24) is 4.90 Å². The lowest BCUT2D eigenvalue weighted by Gasteiger charge is -2.16. The fourth-order valence-electron chi connectivity index (χ4n) is 1.24. The van der Waals surface area contributed by atoms with Crippen LogP contribution in [0.5, 0.6) is 0 Å². The van der Waals surface area contributed by atoms with Gasteiger partial charge in [0.25, 0.3) is 0 Å². The maximum Gasteiger partial charge on any atom is 0.335 e. The predicted molar refractivity (Wildman–Crippen MR) is 70.3 cm³/mol. The number of anilines is 1. The zero-order valence-electron chi connectivity index (χ0n) is 9.81. The van der Waals surface area contributed by atoms with Gasteiger partial charge in [-0.3, -0.25) is 0 Å². The topological polar surface area (TPSA) is 69.6 Å². The van der Waals surface area contributed by atoms with E-state index >= 15 is 0 Å². The van der Waals surface area contributed by atoms with Crippen molar-refractivity contribution < 1.29 is 14.7 Å². The van der Waals surface area contributed by atoms with Gasteiger partial charge < -0.3 is 15.3 Å². The molecule has 0 bridgehead atoms. The number of hydrogen-bond acceptors (Lipinski definition) is 2. The first-order chi connectivity index (χ1) is 8.45. The molecule has 0 saturated carbocycles. The summed E-state index contributed by atoms with van der Waals surface area (Å²) in [6, 6.07) is 3.71. The third-order valence-corrected chi connectivity index (χ3v) is 2.53. The van der Waals surface area contributed by atoms with E-state index in [1.165, 1.54) is 23.1 Å². The van der Waals surface area contributed by atoms with Crippen molar-refractivity contribution in [2.75, 3.05) is 18.9 Å². The number of carbonyl (C=O) groups is 2. The van der Waals surface area contributed by atoms with Gasteiger partial charge in [0.15, 0.2) is 0 Å². The van der Waals surface area contributed by atoms with Gasteiger partial charge in [-0.05, 0) is 18.2 Å². The van der Waals surface area contributed by atoms with Crippen LogP contribution in [0.15, 0.2) is 30.9 Å². The molecule has 0 fully saturated rings. The number of benzene rings is 1. The maximum atomic E-state index is 11.7. The molecule has 0 unspecified atom stereocenters. The van der Waals surface area contributed by atoms with E-state index in [1.807, 2.05) is 0 Å². The molecule has 0 aliphatic heterocycles. The lowest BCUT2D eigenvalue weighted by Crippen LogP contribution is -2.31. The van der Waals surface area contributed by atoms with Crippen LogP contribution in [-0.2, 0) is 0 Å². The first-order valence-electron chi connectivity index (χ1n) is 5.11. The van der Waals surface area contributed by atoms with Crippen LogP contribution in [0, 0.1) is 0 Å². The van der Waals surface area contributed by atoms with E-state index in [2.05, 4.69) is 11.9 Å². The molecule has 0 radical (unpaired) electrons. The summed E-state index contributed by atoms with van der Waals surface area (Å²) in [6.07, 6.45) is 1.58. The van der Waals surface area contributed by atoms with Crippen molar-refractivity contribution in [3.8, 4) is 0 Å². The predicted octanol–water partition coefficient (Wildman–Crippen LogP) is 2.69. The van der Waals surface area contributed by atoms with Crippen LogP contribution >= 0.6 is 11.6 Å². The van der Waals surface area contributed by atoms with Gasteiger partial charge in [0.05, 0.1) is 16.3 Å². The number of urea groups is 1. The minimum atomic E-state index is -1.08. The third kappa shape index (κ3) is 3.49. The number of aromatic carboxylic acids is 1. The van der Waals surface area contributed by atoms with Gasteiger partial charge in [0, 0.05) is 13.6 Å². The summed E-state index contributed by atoms with van der Waals surface area (Å²) in [5.41, 5.74) is 0.318. The van der Waals surface area contributed by atoms with E-state index in [1.54, 1.807) is 13.1 Å². The highest BCUT2D eigenvalue weighted by molar-refractivity contribution is 6.33. The van der Waals surface area contributed by atoms with Crippen molar-refractivity contribution in [2.45, 2.75) is 0 Å². The highest BCUT2D eigenvalue weighted by Crippen LogP contribution is 2.23. The molecular weight excluding hydrogens is 256 g/mol. The van der Waals surface area contributed by atoms with E-state index in [-0.39, 0.29) is 22.3 Å². The molecule has 0 spiro atoms. The smallest absolute Gasteiger partial charge is 0.335 e. The molecule has 0 saturated heterocycles. The molecule has 96 valence electrons. The lowest BCUT2D eigenvalue weighted by molar-refractivity contribution is 0.0697. The largest absolute Gasteiger partial charge is 0.478 e. The summed E-state index contributed by atoms with van der Waals surface area (Å²) in [5.74, 6) is -1.08. The van der Waals surface area contributed by atoms with Crippen LogP contribution in [-0.4, -0.2) is 35.6 Å². The highest BCUT2D eigenvalue weighted by Gasteiger charge is 2.12. The Kier molecular flexibility index (Phi) is 4.74. The SMILES string of the molecule is C=CCN(C)C(=O)Nc1cc(C(=O)O)ccc1Cl. The molecule has 0 aliphatic carbocycles. The first-order valence-corrected chi connectivity index (χ1v) is 5.49. The second-order valence-corrected chi connectivity index (χ2v) is 4.01. The molecule has 18 heavy (non-hydrogen) atoms. The van der Waals surface area contributed by atoms with Gasteiger partial charge in [0.2, 0.25) is 0 Å². The van der Waals surface area contributed by atoms with E-state index in [4.69, 9.17) is 16.7 Å². The Morgan fingerprint density at radius 3 is 2.78 bits per heavy atom. The second kappa shape index (κ2) is 6.07. The standard InChI is InChI=1S/C12H13ClN2O3/c1-3-6-15(2)12(18)14-10-7-8(11(16)17)4-5-9(10)13/h3-5,7H,1,6H2,2H3,(H,14,18)(H,16,17). The normalized spacial score (nSPS) is 9.67. The second-order valence-electron chi connectivity index (χ2n) is 3.60. The molecule has 5 nitrogen and oxygen atoms in total. The Morgan fingerprint density at radius 1 is 1.56 bits per heavy atom. The summed E-state index contributed by atoms with van der Waals surface area (Å²) in [5, 5.41) is 11.7. The van der Waals surface area contributed by atoms with Gasteiger partial charge in [-0.1, -0.05) is 17.7 Å². The van der Waals surface area contributed by atoms with Crippen molar-refractivity contribution in [3.05, 3.63) is 41.4 Å². The average molecular weight is 269 g/mol. The minimum absolute atomic E-state index is 0.0565. The van der Waals surface area contributed by atoms with Crippen molar-refractivity contribution in [3.63, 3.8) is 0 Å². The molecular formula is C12H13ClN2O3. The van der Waals surface area contributed by atoms with Gasteiger partial charge in [-0.2, -0.15) is 0 Å². The summed E-state index contributed by atoms with van der Waals surface area (Å²) in [4.78, 5) is 23.9. The van der Waals surface area contributed by atoms with Crippen molar-refractivity contribution in [1.29, 1.82) is 0 Å². The van der Waals surface area contributed by atoms with Crippen LogP contribution in [0.4, 0.5) is 10.5 Å². The summed E-state index contributed by atoms with van der Waals surface area (Å²) in [6.45, 7) is 3.90. The van der Waals surface area contributed by atoms with Gasteiger partial charge in [-0.15, -0.1) is 6.58 Å². The summed E-state index contributed by atoms with van der Waals surface area (Å²) < 4.78 is 0. The number of likely N-dealkylation sites (N-methyl/N-ethyl adjacent to an activating group) is 1. The highest BCUT2D eigenvalue weighted by atomic mass is 35.5. The van der Waals surface area contributed by atoms with Crippen LogP contribution in [0.3, 0.4) is 0 Å². The van der Waals surface area contributed by atoms with Crippen LogP contribution < -0.4 is 5.32 Å². The Labute approximate surface area is 110 Å². The third-order valence-electron chi connectivity index (χ3n) is 2.20. The minimum Gasteiger partial charge on any atom is -0.478 e. The number of carboxylic acid groups (broad SMARTS) is 1. The number of nitrogens with one attached hydrogen (secondary N) is 1. The quantitative estimate of drug-likeness (QED) is 0.825. The van der Waals surface area contributed by atoms with Gasteiger partial charge in [0.1, 0.15) is 0 Å². The van der Waals surface area contributed by atoms with Crippen LogP contribution in [0.2, 0.25) is 5.02 Å². The fraction of sp³-hybridized carbons (Fsp3) is 0.167. The molecule has 1 aromatic carbocycles. The number of carbonyl (C=O) groups excluding carboxylic acids is 1. The Balaban J connectivity index is 2.89. The van der Waals surface area contributed by atoms with Crippen LogP contribution in [0.1, 0.15) is 10.4 Å². The molecule has 2 amide bonds. The number of nitrogens with zero attached hydrogens (tertiary/aromatic N) is 1. The monoisotopic (exact) mass is 268 g/mol. The Hall–Kier alpha value is -2.01. The molecule has 1 rings (SSSR count). The van der Waals surface area contributed by atoms with Crippen molar-refractivity contribution >= 4 is 29.3 Å². The lowest BCUT2D eigenvalue weighted by atomic mass is 10.2. The Bertz CT molecular complexity index is 488. The van der Waals surface area contributed by atoms with E-state index in [0.29, 0.717) is 6.54 Å². The zero-order chi connectivity index (χ0) is 13.7.